The summed E-state index contributed by atoms with van der Waals surface area (Å²) in [7, 11) is 1.63. The summed E-state index contributed by atoms with van der Waals surface area (Å²) in [5, 5.41) is 0. The molecular formula is C16H18N2O2. The molecule has 0 saturated carbocycles. The maximum absolute atomic E-state index is 12.1. The van der Waals surface area contributed by atoms with Gasteiger partial charge in [-0.15, -0.1) is 0 Å². The molecule has 1 heterocycles. The molecule has 0 aliphatic heterocycles. The van der Waals surface area contributed by atoms with E-state index < -0.39 is 0 Å². The first kappa shape index (κ1) is 14.1. The molecule has 0 atom stereocenters. The van der Waals surface area contributed by atoms with Gasteiger partial charge in [0.05, 0.1) is 12.8 Å². The van der Waals surface area contributed by atoms with Crippen LogP contribution in [0.2, 0.25) is 0 Å². The second-order valence-corrected chi connectivity index (χ2v) is 4.47. The van der Waals surface area contributed by atoms with Crippen LogP contribution in [0.15, 0.2) is 36.5 Å². The molecule has 0 aliphatic rings. The van der Waals surface area contributed by atoms with Gasteiger partial charge in [-0.25, -0.2) is 4.98 Å². The Kier molecular flexibility index (Phi) is 4.35. The number of carbonyl (C=O) groups is 1. The van der Waals surface area contributed by atoms with E-state index in [-0.39, 0.29) is 5.91 Å². The highest BCUT2D eigenvalue weighted by atomic mass is 16.5. The van der Waals surface area contributed by atoms with Crippen molar-refractivity contribution in [1.29, 1.82) is 0 Å². The summed E-state index contributed by atoms with van der Waals surface area (Å²) in [4.78, 5) is 16.5. The number of allylic oxidation sites excluding steroid dienone is 1. The molecule has 0 saturated heterocycles. The quantitative estimate of drug-likeness (QED) is 0.802. The smallest absolute Gasteiger partial charge is 0.256 e. The summed E-state index contributed by atoms with van der Waals surface area (Å²) >= 11 is 0. The number of nitrogens with zero attached hydrogens (tertiary/aromatic N) is 2. The molecule has 0 radical (unpaired) electrons. The normalized spacial score (nSPS) is 10.9. The molecule has 0 aliphatic carbocycles. The van der Waals surface area contributed by atoms with Crippen molar-refractivity contribution in [3.8, 4) is 5.75 Å². The third-order valence-corrected chi connectivity index (χ3v) is 2.99. The van der Waals surface area contributed by atoms with E-state index in [0.29, 0.717) is 0 Å². The number of hydrogen-bond donors (Lipinski definition) is 0. The lowest BCUT2D eigenvalue weighted by molar-refractivity contribution is 0.0966. The Bertz CT molecular complexity index is 624. The lowest BCUT2D eigenvalue weighted by atomic mass is 10.2. The number of hydrogen-bond acceptors (Lipinski definition) is 3. The van der Waals surface area contributed by atoms with Crippen LogP contribution in [-0.2, 0) is 6.42 Å². The molecule has 0 N–H and O–H groups in total. The van der Waals surface area contributed by atoms with Crippen molar-refractivity contribution in [2.45, 2.75) is 20.3 Å². The fraction of sp³-hybridized carbons (Fsp3) is 0.250. The molecule has 2 aromatic rings. The van der Waals surface area contributed by atoms with Gasteiger partial charge in [-0.2, -0.15) is 0 Å². The number of imidazole rings is 1. The minimum Gasteiger partial charge on any atom is -0.497 e. The zero-order chi connectivity index (χ0) is 14.5. The Hall–Kier alpha value is -2.36. The summed E-state index contributed by atoms with van der Waals surface area (Å²) in [6.07, 6.45) is 5.84. The molecule has 104 valence electrons. The van der Waals surface area contributed by atoms with Crippen molar-refractivity contribution in [2.24, 2.45) is 0 Å². The van der Waals surface area contributed by atoms with Crippen LogP contribution in [0, 0.1) is 6.92 Å². The average molecular weight is 270 g/mol. The van der Waals surface area contributed by atoms with Crippen LogP contribution in [0.5, 0.6) is 5.75 Å². The van der Waals surface area contributed by atoms with Crippen LogP contribution in [0.1, 0.15) is 28.8 Å². The molecule has 1 aromatic heterocycles. The third-order valence-electron chi connectivity index (χ3n) is 2.99. The van der Waals surface area contributed by atoms with E-state index in [0.717, 1.165) is 29.3 Å². The van der Waals surface area contributed by atoms with Gasteiger partial charge >= 0.3 is 0 Å². The zero-order valence-corrected chi connectivity index (χ0v) is 12.0. The molecule has 0 unspecified atom stereocenters. The number of rotatable bonds is 4. The number of ether oxygens (including phenoxy) is 1. The van der Waals surface area contributed by atoms with Crippen molar-refractivity contribution < 1.29 is 9.53 Å². The first-order valence-corrected chi connectivity index (χ1v) is 6.55. The molecule has 4 heteroatoms. The van der Waals surface area contributed by atoms with Crippen molar-refractivity contribution in [1.82, 2.24) is 9.55 Å². The Morgan fingerprint density at radius 3 is 2.65 bits per heavy atom. The number of aryl methyl sites for hydroxylation is 2. The lowest BCUT2D eigenvalue weighted by Gasteiger charge is -2.01. The van der Waals surface area contributed by atoms with E-state index in [9.17, 15) is 4.79 Å². The van der Waals surface area contributed by atoms with Crippen molar-refractivity contribution in [3.05, 3.63) is 53.6 Å². The summed E-state index contributed by atoms with van der Waals surface area (Å²) in [5.41, 5.74) is 1.81. The highest BCUT2D eigenvalue weighted by molar-refractivity contribution is 5.94. The topological polar surface area (TPSA) is 44.1 Å². The fourth-order valence-electron chi connectivity index (χ4n) is 1.95. The number of benzene rings is 1. The Morgan fingerprint density at radius 1 is 1.35 bits per heavy atom. The van der Waals surface area contributed by atoms with Gasteiger partial charge in [-0.05, 0) is 30.7 Å². The molecule has 0 bridgehead atoms. The van der Waals surface area contributed by atoms with Gasteiger partial charge in [0.1, 0.15) is 11.6 Å². The monoisotopic (exact) mass is 270 g/mol. The van der Waals surface area contributed by atoms with Crippen LogP contribution in [-0.4, -0.2) is 22.6 Å². The van der Waals surface area contributed by atoms with Crippen molar-refractivity contribution >= 4 is 12.0 Å². The van der Waals surface area contributed by atoms with Gasteiger partial charge in [0, 0.05) is 18.7 Å². The maximum Gasteiger partial charge on any atom is 0.256 e. The van der Waals surface area contributed by atoms with E-state index in [2.05, 4.69) is 4.98 Å². The molecule has 0 fully saturated rings. The van der Waals surface area contributed by atoms with Crippen molar-refractivity contribution in [2.75, 3.05) is 7.11 Å². The Morgan fingerprint density at radius 2 is 2.05 bits per heavy atom. The van der Waals surface area contributed by atoms with Crippen LogP contribution in [0.4, 0.5) is 0 Å². The third kappa shape index (κ3) is 3.15. The van der Waals surface area contributed by atoms with Crippen LogP contribution in [0.3, 0.4) is 0 Å². The van der Waals surface area contributed by atoms with Gasteiger partial charge < -0.3 is 4.74 Å². The minimum atomic E-state index is -0.0849. The van der Waals surface area contributed by atoms with Gasteiger partial charge in [0.15, 0.2) is 0 Å². The average Bonchev–Trinajstić information content (AvgIpc) is 2.86. The Labute approximate surface area is 118 Å². The van der Waals surface area contributed by atoms with Crippen LogP contribution < -0.4 is 4.74 Å². The summed E-state index contributed by atoms with van der Waals surface area (Å²) in [5.74, 6) is 1.50. The molecule has 0 amide bonds. The fourth-order valence-corrected chi connectivity index (χ4v) is 1.95. The summed E-state index contributed by atoms with van der Waals surface area (Å²) < 4.78 is 6.69. The predicted molar refractivity (Wildman–Crippen MR) is 79.0 cm³/mol. The van der Waals surface area contributed by atoms with E-state index in [1.165, 1.54) is 0 Å². The summed E-state index contributed by atoms with van der Waals surface area (Å²) in [6, 6.07) is 7.54. The first-order chi connectivity index (χ1) is 9.63. The first-order valence-electron chi connectivity index (χ1n) is 6.55. The largest absolute Gasteiger partial charge is 0.497 e. The molecule has 2 rings (SSSR count). The molecular weight excluding hydrogens is 252 g/mol. The van der Waals surface area contributed by atoms with Gasteiger partial charge in [0.2, 0.25) is 0 Å². The maximum atomic E-state index is 12.1. The molecule has 0 spiro atoms. The second kappa shape index (κ2) is 6.19. The number of aromatic nitrogens is 2. The number of carbonyl (C=O) groups excluding carboxylic acids is 1. The van der Waals surface area contributed by atoms with E-state index in [1.807, 2.05) is 38.1 Å². The molecule has 20 heavy (non-hydrogen) atoms. The number of methoxy groups -OCH3 is 1. The van der Waals surface area contributed by atoms with E-state index in [4.69, 9.17) is 4.74 Å². The zero-order valence-electron chi connectivity index (χ0n) is 12.0. The van der Waals surface area contributed by atoms with Gasteiger partial charge in [-0.1, -0.05) is 19.1 Å². The van der Waals surface area contributed by atoms with Crippen LogP contribution >= 0.6 is 0 Å². The second-order valence-electron chi connectivity index (χ2n) is 4.47. The standard InChI is InChI=1S/C16H18N2O2/c1-4-15-17-12(2)11-18(15)16(19)10-7-13-5-8-14(20-3)9-6-13/h5-11H,4H2,1-3H3/b10-7+. The van der Waals surface area contributed by atoms with Gasteiger partial charge in [-0.3, -0.25) is 9.36 Å². The SMILES string of the molecule is CCc1nc(C)cn1C(=O)/C=C/c1ccc(OC)cc1. The predicted octanol–water partition coefficient (Wildman–Crippen LogP) is 3.12. The highest BCUT2D eigenvalue weighted by Crippen LogP contribution is 2.12. The minimum absolute atomic E-state index is 0.0849. The molecule has 1 aromatic carbocycles. The van der Waals surface area contributed by atoms with E-state index in [1.54, 1.807) is 30.0 Å². The highest BCUT2D eigenvalue weighted by Gasteiger charge is 2.08. The lowest BCUT2D eigenvalue weighted by Crippen LogP contribution is -2.09. The Balaban J connectivity index is 2.15. The molecule has 4 nitrogen and oxygen atoms in total. The summed E-state index contributed by atoms with van der Waals surface area (Å²) in [6.45, 7) is 3.87. The van der Waals surface area contributed by atoms with Gasteiger partial charge in [0.25, 0.3) is 5.91 Å². The van der Waals surface area contributed by atoms with Crippen molar-refractivity contribution in [3.63, 3.8) is 0 Å². The van der Waals surface area contributed by atoms with E-state index >= 15 is 0 Å². The van der Waals surface area contributed by atoms with Crippen LogP contribution in [0.25, 0.3) is 6.08 Å².